The third-order valence-electron chi connectivity index (χ3n) is 2.26. The Morgan fingerprint density at radius 3 is 2.88 bits per heavy atom. The van der Waals surface area contributed by atoms with Crippen LogP contribution in [0.25, 0.3) is 0 Å². The number of aliphatic hydroxyl groups is 1. The van der Waals surface area contributed by atoms with E-state index < -0.39 is 0 Å². The van der Waals surface area contributed by atoms with E-state index in [2.05, 4.69) is 15.9 Å². The van der Waals surface area contributed by atoms with Crippen molar-refractivity contribution in [2.75, 3.05) is 25.4 Å². The predicted octanol–water partition coefficient (Wildman–Crippen LogP) is 2.38. The Hall–Kier alpha value is -0.520. The lowest BCUT2D eigenvalue weighted by Gasteiger charge is -2.19. The highest BCUT2D eigenvalue weighted by Gasteiger charge is 2.11. The first kappa shape index (κ1) is 14.5. The molecule has 0 aliphatic rings. The first-order valence-corrected chi connectivity index (χ1v) is 7.22. The zero-order valence-corrected chi connectivity index (χ0v) is 12.1. The van der Waals surface area contributed by atoms with Gasteiger partial charge >= 0.3 is 0 Å². The molecule has 0 aromatic heterocycles. The molecule has 1 amide bonds. The number of hydrogen-bond donors (Lipinski definition) is 1. The van der Waals surface area contributed by atoms with Gasteiger partial charge in [0, 0.05) is 22.5 Å². The van der Waals surface area contributed by atoms with Gasteiger partial charge in [0.15, 0.2) is 0 Å². The Morgan fingerprint density at radius 1 is 1.53 bits per heavy atom. The molecule has 1 aromatic carbocycles. The van der Waals surface area contributed by atoms with Crippen molar-refractivity contribution in [3.8, 4) is 0 Å². The van der Waals surface area contributed by atoms with E-state index in [1.54, 1.807) is 4.90 Å². The zero-order chi connectivity index (χ0) is 12.7. The van der Waals surface area contributed by atoms with Gasteiger partial charge in [-0.1, -0.05) is 22.0 Å². The highest BCUT2D eigenvalue weighted by atomic mass is 79.9. The van der Waals surface area contributed by atoms with Crippen LogP contribution in [-0.4, -0.2) is 41.4 Å². The van der Waals surface area contributed by atoms with Crippen LogP contribution in [0, 0.1) is 0 Å². The number of rotatable bonds is 6. The summed E-state index contributed by atoms with van der Waals surface area (Å²) in [6.07, 6.45) is 0. The first-order valence-electron chi connectivity index (χ1n) is 5.44. The summed E-state index contributed by atoms with van der Waals surface area (Å²) in [6, 6.07) is 7.86. The topological polar surface area (TPSA) is 40.5 Å². The molecule has 0 atom stereocenters. The molecule has 5 heteroatoms. The van der Waals surface area contributed by atoms with E-state index in [0.717, 1.165) is 9.37 Å². The number of thioether (sulfide) groups is 1. The number of halogens is 1. The van der Waals surface area contributed by atoms with Crippen LogP contribution in [0.2, 0.25) is 0 Å². The Labute approximate surface area is 114 Å². The molecule has 0 aliphatic heterocycles. The fourth-order valence-corrected chi connectivity index (χ4v) is 2.78. The summed E-state index contributed by atoms with van der Waals surface area (Å²) in [5.74, 6) is 0.469. The summed E-state index contributed by atoms with van der Waals surface area (Å²) in [5, 5.41) is 8.83. The number of nitrogens with zero attached hydrogens (tertiary/aromatic N) is 1. The van der Waals surface area contributed by atoms with Gasteiger partial charge < -0.3 is 10.0 Å². The van der Waals surface area contributed by atoms with Crippen LogP contribution in [0.5, 0.6) is 0 Å². The maximum atomic E-state index is 11.8. The summed E-state index contributed by atoms with van der Waals surface area (Å²) >= 11 is 4.90. The summed E-state index contributed by atoms with van der Waals surface area (Å²) in [4.78, 5) is 14.5. The molecule has 17 heavy (non-hydrogen) atoms. The van der Waals surface area contributed by atoms with E-state index in [1.807, 2.05) is 31.2 Å². The Morgan fingerprint density at radius 2 is 2.29 bits per heavy atom. The molecule has 0 unspecified atom stereocenters. The number of carbonyl (C=O) groups is 1. The van der Waals surface area contributed by atoms with Crippen LogP contribution >= 0.6 is 27.7 Å². The molecular formula is C12H16BrNO2S. The lowest BCUT2D eigenvalue weighted by molar-refractivity contribution is -0.128. The quantitative estimate of drug-likeness (QED) is 0.819. The van der Waals surface area contributed by atoms with Crippen molar-refractivity contribution in [1.82, 2.24) is 4.90 Å². The number of hydrogen-bond acceptors (Lipinski definition) is 3. The normalized spacial score (nSPS) is 10.3. The molecule has 0 heterocycles. The van der Waals surface area contributed by atoms with Crippen molar-refractivity contribution in [3.63, 3.8) is 0 Å². The van der Waals surface area contributed by atoms with E-state index in [1.165, 1.54) is 11.8 Å². The molecule has 0 fully saturated rings. The number of carbonyl (C=O) groups excluding carboxylic acids is 1. The van der Waals surface area contributed by atoms with Gasteiger partial charge in [0.2, 0.25) is 5.91 Å². The minimum Gasteiger partial charge on any atom is -0.395 e. The molecular weight excluding hydrogens is 302 g/mol. The van der Waals surface area contributed by atoms with Crippen LogP contribution in [0.4, 0.5) is 0 Å². The fourth-order valence-electron chi connectivity index (χ4n) is 1.37. The van der Waals surface area contributed by atoms with Gasteiger partial charge in [0.05, 0.1) is 12.4 Å². The van der Waals surface area contributed by atoms with E-state index in [4.69, 9.17) is 5.11 Å². The van der Waals surface area contributed by atoms with Gasteiger partial charge in [0.25, 0.3) is 0 Å². The zero-order valence-electron chi connectivity index (χ0n) is 9.73. The van der Waals surface area contributed by atoms with Gasteiger partial charge in [-0.3, -0.25) is 4.79 Å². The monoisotopic (exact) mass is 317 g/mol. The first-order chi connectivity index (χ1) is 8.17. The van der Waals surface area contributed by atoms with E-state index >= 15 is 0 Å². The minimum atomic E-state index is 0.0150. The molecule has 3 nitrogen and oxygen atoms in total. The highest BCUT2D eigenvalue weighted by Crippen LogP contribution is 2.22. The SMILES string of the molecule is CCN(CCO)C(=O)CSc1cccc(Br)c1. The molecule has 0 saturated carbocycles. The molecule has 1 aromatic rings. The lowest BCUT2D eigenvalue weighted by atomic mass is 10.4. The average Bonchev–Trinajstić information content (AvgIpc) is 2.33. The lowest BCUT2D eigenvalue weighted by Crippen LogP contribution is -2.34. The molecule has 0 aliphatic carbocycles. The summed E-state index contributed by atoms with van der Waals surface area (Å²) in [5.41, 5.74) is 0. The summed E-state index contributed by atoms with van der Waals surface area (Å²) in [6.45, 7) is 2.98. The molecule has 1 rings (SSSR count). The Bertz CT molecular complexity index is 373. The molecule has 0 bridgehead atoms. The third kappa shape index (κ3) is 5.10. The van der Waals surface area contributed by atoms with Crippen molar-refractivity contribution < 1.29 is 9.90 Å². The predicted molar refractivity (Wildman–Crippen MR) is 74.2 cm³/mol. The molecule has 94 valence electrons. The van der Waals surface area contributed by atoms with E-state index in [-0.39, 0.29) is 12.5 Å². The number of aliphatic hydroxyl groups excluding tert-OH is 1. The fraction of sp³-hybridized carbons (Fsp3) is 0.417. The second-order valence-electron chi connectivity index (χ2n) is 3.44. The van der Waals surface area contributed by atoms with Crippen molar-refractivity contribution >= 4 is 33.6 Å². The van der Waals surface area contributed by atoms with Crippen molar-refractivity contribution in [1.29, 1.82) is 0 Å². The second kappa shape index (κ2) is 7.74. The van der Waals surface area contributed by atoms with Crippen LogP contribution in [-0.2, 0) is 4.79 Å². The molecule has 1 N–H and O–H groups in total. The number of benzene rings is 1. The third-order valence-corrected chi connectivity index (χ3v) is 3.73. The van der Waals surface area contributed by atoms with Crippen molar-refractivity contribution in [2.24, 2.45) is 0 Å². The standard InChI is InChI=1S/C12H16BrNO2S/c1-2-14(6-7-15)12(16)9-17-11-5-3-4-10(13)8-11/h3-5,8,15H,2,6-7,9H2,1H3. The summed E-state index contributed by atoms with van der Waals surface area (Å²) in [7, 11) is 0. The summed E-state index contributed by atoms with van der Waals surface area (Å²) < 4.78 is 1.01. The van der Waals surface area contributed by atoms with E-state index in [9.17, 15) is 4.79 Å². The van der Waals surface area contributed by atoms with E-state index in [0.29, 0.717) is 18.8 Å². The minimum absolute atomic E-state index is 0.0150. The van der Waals surface area contributed by atoms with Crippen LogP contribution < -0.4 is 0 Å². The number of amides is 1. The largest absolute Gasteiger partial charge is 0.395 e. The van der Waals surface area contributed by atoms with Gasteiger partial charge in [-0.15, -0.1) is 11.8 Å². The highest BCUT2D eigenvalue weighted by molar-refractivity contribution is 9.10. The van der Waals surface area contributed by atoms with Gasteiger partial charge in [-0.05, 0) is 25.1 Å². The van der Waals surface area contributed by atoms with Crippen LogP contribution in [0.15, 0.2) is 33.6 Å². The van der Waals surface area contributed by atoms with Crippen molar-refractivity contribution in [3.05, 3.63) is 28.7 Å². The van der Waals surface area contributed by atoms with Gasteiger partial charge in [-0.25, -0.2) is 0 Å². The average molecular weight is 318 g/mol. The molecule has 0 saturated heterocycles. The number of likely N-dealkylation sites (N-methyl/N-ethyl adjacent to an activating group) is 1. The Kier molecular flexibility index (Phi) is 6.62. The Balaban J connectivity index is 2.47. The maximum absolute atomic E-state index is 11.8. The van der Waals surface area contributed by atoms with Gasteiger partial charge in [0.1, 0.15) is 0 Å². The van der Waals surface area contributed by atoms with Crippen LogP contribution in [0.3, 0.4) is 0 Å². The smallest absolute Gasteiger partial charge is 0.233 e. The molecule has 0 radical (unpaired) electrons. The maximum Gasteiger partial charge on any atom is 0.233 e. The molecule has 0 spiro atoms. The second-order valence-corrected chi connectivity index (χ2v) is 5.41. The van der Waals surface area contributed by atoms with Crippen LogP contribution in [0.1, 0.15) is 6.92 Å². The van der Waals surface area contributed by atoms with Crippen molar-refractivity contribution in [2.45, 2.75) is 11.8 Å². The van der Waals surface area contributed by atoms with Gasteiger partial charge in [-0.2, -0.15) is 0 Å².